The van der Waals surface area contributed by atoms with Crippen LogP contribution in [-0.4, -0.2) is 71.7 Å². The molecular weight excluding hydrogens is 471 g/mol. The molecule has 1 atom stereocenters. The first kappa shape index (κ1) is 23.5. The summed E-state index contributed by atoms with van der Waals surface area (Å²) in [6.07, 6.45) is -0.441. The molecule has 2 fully saturated rings. The molecule has 36 heavy (non-hydrogen) atoms. The van der Waals surface area contributed by atoms with Crippen LogP contribution >= 0.6 is 0 Å². The lowest BCUT2D eigenvalue weighted by Gasteiger charge is -2.35. The van der Waals surface area contributed by atoms with E-state index in [0.29, 0.717) is 26.2 Å². The third kappa shape index (κ3) is 4.28. The second-order valence-corrected chi connectivity index (χ2v) is 8.81. The van der Waals surface area contributed by atoms with Crippen LogP contribution < -0.4 is 10.2 Å². The van der Waals surface area contributed by atoms with Crippen molar-refractivity contribution in [2.45, 2.75) is 25.5 Å². The topological polar surface area (TPSA) is 116 Å². The smallest absolute Gasteiger partial charge is 0.410 e. The zero-order chi connectivity index (χ0) is 25.4. The molecule has 0 spiro atoms. The summed E-state index contributed by atoms with van der Waals surface area (Å²) < 4.78 is 20.4. The van der Waals surface area contributed by atoms with E-state index in [4.69, 9.17) is 4.74 Å². The summed E-state index contributed by atoms with van der Waals surface area (Å²) in [6, 6.07) is 10.5. The Morgan fingerprint density at radius 3 is 2.31 bits per heavy atom. The molecular formula is C25H23FN4O6. The zero-order valence-corrected chi connectivity index (χ0v) is 19.2. The molecule has 0 saturated carbocycles. The number of nitrogens with one attached hydrogen (secondary N) is 1. The van der Waals surface area contributed by atoms with Gasteiger partial charge in [0.2, 0.25) is 11.8 Å². The normalized spacial score (nSPS) is 19.9. The predicted octanol–water partition coefficient (Wildman–Crippen LogP) is 1.69. The standard InChI is InChI=1S/C25H23FN4O6/c26-18-12-16-17(24(34)30(23(16)33)19-6-7-21(31)27-22(19)32)13-20(18)28-8-10-29(11-9-28)25(35)36-14-15-4-2-1-3-5-15/h1-5,12-13,19H,6-11,14H2,(H,27,31,32). The SMILES string of the molecule is O=C1CCC(N2C(=O)c3cc(F)c(N4CCN(C(=O)OCc5ccccc5)CC4)cc3C2=O)C(=O)N1. The molecule has 0 aromatic heterocycles. The molecule has 2 aromatic rings. The average molecular weight is 494 g/mol. The van der Waals surface area contributed by atoms with Gasteiger partial charge in [0, 0.05) is 32.6 Å². The highest BCUT2D eigenvalue weighted by Crippen LogP contribution is 2.33. The van der Waals surface area contributed by atoms with Crippen LogP contribution in [0.5, 0.6) is 0 Å². The summed E-state index contributed by atoms with van der Waals surface area (Å²) in [5, 5.41) is 2.13. The highest BCUT2D eigenvalue weighted by molar-refractivity contribution is 6.23. The highest BCUT2D eigenvalue weighted by Gasteiger charge is 2.45. The maximum atomic E-state index is 15.0. The van der Waals surface area contributed by atoms with E-state index < -0.39 is 41.6 Å². The second-order valence-electron chi connectivity index (χ2n) is 8.81. The Morgan fingerprint density at radius 1 is 0.972 bits per heavy atom. The van der Waals surface area contributed by atoms with E-state index in [1.807, 2.05) is 30.3 Å². The quantitative estimate of drug-likeness (QED) is 0.643. The minimum absolute atomic E-state index is 0.00147. The molecule has 5 rings (SSSR count). The monoisotopic (exact) mass is 494 g/mol. The minimum Gasteiger partial charge on any atom is -0.445 e. The van der Waals surface area contributed by atoms with E-state index in [2.05, 4.69) is 5.32 Å². The number of piperidine rings is 1. The van der Waals surface area contributed by atoms with Crippen molar-refractivity contribution < 1.29 is 33.1 Å². The van der Waals surface area contributed by atoms with Crippen LogP contribution in [0.25, 0.3) is 0 Å². The number of fused-ring (bicyclic) bond motifs is 1. The van der Waals surface area contributed by atoms with Crippen molar-refractivity contribution in [1.29, 1.82) is 0 Å². The van der Waals surface area contributed by atoms with Crippen molar-refractivity contribution in [3.63, 3.8) is 0 Å². The number of hydrogen-bond donors (Lipinski definition) is 1. The largest absolute Gasteiger partial charge is 0.445 e. The Bertz CT molecular complexity index is 1260. The number of carbonyl (C=O) groups is 5. The van der Waals surface area contributed by atoms with Crippen LogP contribution in [0.4, 0.5) is 14.9 Å². The molecule has 3 aliphatic heterocycles. The van der Waals surface area contributed by atoms with E-state index in [0.717, 1.165) is 16.5 Å². The number of benzene rings is 2. The second kappa shape index (κ2) is 9.40. The summed E-state index contributed by atoms with van der Waals surface area (Å²) >= 11 is 0. The lowest BCUT2D eigenvalue weighted by molar-refractivity contribution is -0.136. The molecule has 11 heteroatoms. The number of piperazine rings is 1. The van der Waals surface area contributed by atoms with Gasteiger partial charge in [-0.25, -0.2) is 9.18 Å². The zero-order valence-electron chi connectivity index (χ0n) is 19.2. The predicted molar refractivity (Wildman–Crippen MR) is 123 cm³/mol. The Labute approximate surface area is 205 Å². The van der Waals surface area contributed by atoms with Crippen LogP contribution in [0, 0.1) is 5.82 Å². The Hall–Kier alpha value is -4.28. The molecule has 1 unspecified atom stereocenters. The van der Waals surface area contributed by atoms with E-state index in [1.165, 1.54) is 11.0 Å². The Kier molecular flexibility index (Phi) is 6.13. The summed E-state index contributed by atoms with van der Waals surface area (Å²) in [5.74, 6) is -3.34. The number of anilines is 1. The van der Waals surface area contributed by atoms with Crippen molar-refractivity contribution in [2.24, 2.45) is 0 Å². The fourth-order valence-corrected chi connectivity index (χ4v) is 4.66. The van der Waals surface area contributed by atoms with Crippen molar-refractivity contribution in [2.75, 3.05) is 31.1 Å². The number of rotatable bonds is 4. The lowest BCUT2D eigenvalue weighted by Crippen LogP contribution is -2.54. The van der Waals surface area contributed by atoms with Crippen LogP contribution in [0.2, 0.25) is 0 Å². The van der Waals surface area contributed by atoms with E-state index in [1.54, 1.807) is 4.90 Å². The van der Waals surface area contributed by atoms with Crippen molar-refractivity contribution >= 4 is 35.4 Å². The van der Waals surface area contributed by atoms with Gasteiger partial charge in [0.15, 0.2) is 0 Å². The van der Waals surface area contributed by atoms with Crippen LogP contribution in [-0.2, 0) is 20.9 Å². The molecule has 0 aliphatic carbocycles. The van der Waals surface area contributed by atoms with Gasteiger partial charge in [-0.15, -0.1) is 0 Å². The Balaban J connectivity index is 1.26. The van der Waals surface area contributed by atoms with Gasteiger partial charge in [0.05, 0.1) is 16.8 Å². The van der Waals surface area contributed by atoms with E-state index in [-0.39, 0.29) is 36.3 Å². The number of nitrogens with zero attached hydrogens (tertiary/aromatic N) is 3. The number of imide groups is 2. The molecule has 0 bridgehead atoms. The molecule has 3 aliphatic rings. The van der Waals surface area contributed by atoms with Crippen molar-refractivity contribution in [3.8, 4) is 0 Å². The fourth-order valence-electron chi connectivity index (χ4n) is 4.66. The van der Waals surface area contributed by atoms with Gasteiger partial charge in [0.1, 0.15) is 18.5 Å². The third-order valence-corrected chi connectivity index (χ3v) is 6.59. The molecule has 10 nitrogen and oxygen atoms in total. The van der Waals surface area contributed by atoms with E-state index >= 15 is 4.39 Å². The third-order valence-electron chi connectivity index (χ3n) is 6.59. The summed E-state index contributed by atoms with van der Waals surface area (Å²) in [5.41, 5.74) is 0.896. The Morgan fingerprint density at radius 2 is 1.64 bits per heavy atom. The number of amides is 5. The maximum Gasteiger partial charge on any atom is 0.410 e. The van der Waals surface area contributed by atoms with Gasteiger partial charge in [0.25, 0.3) is 11.8 Å². The number of halogens is 1. The summed E-state index contributed by atoms with van der Waals surface area (Å²) in [4.78, 5) is 66.0. The molecule has 0 radical (unpaired) electrons. The molecule has 5 amide bonds. The van der Waals surface area contributed by atoms with Crippen LogP contribution in [0.3, 0.4) is 0 Å². The maximum absolute atomic E-state index is 15.0. The van der Waals surface area contributed by atoms with Crippen molar-refractivity contribution in [1.82, 2.24) is 15.1 Å². The van der Waals surface area contributed by atoms with Gasteiger partial charge in [-0.1, -0.05) is 30.3 Å². The van der Waals surface area contributed by atoms with Gasteiger partial charge in [-0.05, 0) is 24.1 Å². The fraction of sp³-hybridized carbons (Fsp3) is 0.320. The first-order chi connectivity index (χ1) is 17.3. The molecule has 2 aromatic carbocycles. The van der Waals surface area contributed by atoms with Crippen molar-refractivity contribution in [3.05, 3.63) is 65.0 Å². The molecule has 3 heterocycles. The van der Waals surface area contributed by atoms with Gasteiger partial charge in [-0.3, -0.25) is 29.4 Å². The highest BCUT2D eigenvalue weighted by atomic mass is 19.1. The van der Waals surface area contributed by atoms with Crippen LogP contribution in [0.15, 0.2) is 42.5 Å². The van der Waals surface area contributed by atoms with Gasteiger partial charge < -0.3 is 14.5 Å². The minimum atomic E-state index is -1.12. The number of ether oxygens (including phenoxy) is 1. The number of hydrogen-bond acceptors (Lipinski definition) is 7. The average Bonchev–Trinajstić information content (AvgIpc) is 3.11. The first-order valence-electron chi connectivity index (χ1n) is 11.6. The lowest BCUT2D eigenvalue weighted by atomic mass is 10.0. The van der Waals surface area contributed by atoms with Crippen LogP contribution in [0.1, 0.15) is 39.1 Å². The number of carbonyl (C=O) groups excluding carboxylic acids is 5. The summed E-state index contributed by atoms with van der Waals surface area (Å²) in [6.45, 7) is 1.34. The first-order valence-corrected chi connectivity index (χ1v) is 11.6. The van der Waals surface area contributed by atoms with E-state index in [9.17, 15) is 24.0 Å². The molecule has 186 valence electrons. The molecule has 1 N–H and O–H groups in total. The molecule has 2 saturated heterocycles. The van der Waals surface area contributed by atoms with Gasteiger partial charge >= 0.3 is 6.09 Å². The van der Waals surface area contributed by atoms with Gasteiger partial charge in [-0.2, -0.15) is 0 Å². The summed E-state index contributed by atoms with van der Waals surface area (Å²) in [7, 11) is 0.